The minimum absolute atomic E-state index is 0.293. The van der Waals surface area contributed by atoms with Gasteiger partial charge in [-0.2, -0.15) is 0 Å². The highest BCUT2D eigenvalue weighted by Gasteiger charge is 2.46. The molecule has 1 aliphatic heterocycles. The second-order valence-electron chi connectivity index (χ2n) is 13.4. The Balaban J connectivity index is 0.000000138. The lowest BCUT2D eigenvalue weighted by molar-refractivity contribution is 0.768. The zero-order valence-corrected chi connectivity index (χ0v) is 30.0. The summed E-state index contributed by atoms with van der Waals surface area (Å²) in [5.74, 6) is 0. The molecule has 3 heteroatoms. The van der Waals surface area contributed by atoms with E-state index in [1.54, 1.807) is 0 Å². The lowest BCUT2D eigenvalue weighted by atomic mass is 9.62. The molecular weight excluding hydrogens is 698 g/mol. The molecular formula is C49H33BBrF. The Labute approximate surface area is 313 Å². The van der Waals surface area contributed by atoms with E-state index in [4.69, 9.17) is 0 Å². The lowest BCUT2D eigenvalue weighted by Gasteiger charge is -2.33. The number of hydrogen-bond acceptors (Lipinski definition) is 0. The Morgan fingerprint density at radius 3 is 1.35 bits per heavy atom. The Morgan fingerprint density at radius 2 is 0.827 bits per heavy atom. The summed E-state index contributed by atoms with van der Waals surface area (Å²) in [5, 5.41) is 0. The van der Waals surface area contributed by atoms with Gasteiger partial charge in [-0.1, -0.05) is 198 Å². The summed E-state index contributed by atoms with van der Waals surface area (Å²) in [6.45, 7) is -1.05. The molecule has 8 aromatic carbocycles. The third kappa shape index (κ3) is 5.27. The average molecular weight is 732 g/mol. The average Bonchev–Trinajstić information content (AvgIpc) is 3.69. The van der Waals surface area contributed by atoms with E-state index < -0.39 is 6.99 Å². The minimum atomic E-state index is -1.05. The second-order valence-corrected chi connectivity index (χ2v) is 14.2. The number of benzene rings is 8. The maximum Gasteiger partial charge on any atom is 0.414 e. The van der Waals surface area contributed by atoms with Crippen molar-refractivity contribution < 1.29 is 4.32 Å². The molecule has 10 rings (SSSR count). The van der Waals surface area contributed by atoms with Crippen molar-refractivity contribution >= 4 is 33.8 Å². The largest absolute Gasteiger partial charge is 0.414 e. The van der Waals surface area contributed by atoms with Crippen LogP contribution in [-0.4, -0.2) is 6.99 Å². The van der Waals surface area contributed by atoms with Crippen molar-refractivity contribution in [1.82, 2.24) is 0 Å². The standard InChI is InChI=1S/C25H17Br.C24H16BF/c26-23-17-9-16-22-24(23)20-14-7-8-15-21(20)25(22,18-10-3-1-4-11-18)19-12-5-2-6-13-19;26-25-23-13-11-19(17-7-3-1-4-8-17)15-21(23)22-16-20(12-14-24(22)25)18-9-5-2-6-10-18/h1-17H;1-16H. The zero-order chi connectivity index (χ0) is 35.1. The summed E-state index contributed by atoms with van der Waals surface area (Å²) in [7, 11) is 0. The van der Waals surface area contributed by atoms with Gasteiger partial charge < -0.3 is 4.32 Å². The van der Waals surface area contributed by atoms with Crippen molar-refractivity contribution in [2.45, 2.75) is 5.41 Å². The molecule has 52 heavy (non-hydrogen) atoms. The van der Waals surface area contributed by atoms with E-state index >= 15 is 0 Å². The molecule has 1 heterocycles. The first-order valence-corrected chi connectivity index (χ1v) is 18.5. The third-order valence-electron chi connectivity index (χ3n) is 10.6. The van der Waals surface area contributed by atoms with E-state index in [-0.39, 0.29) is 5.41 Å². The fraction of sp³-hybridized carbons (Fsp3) is 0.0204. The summed E-state index contributed by atoms with van der Waals surface area (Å²) in [6, 6.07) is 69.7. The Hall–Kier alpha value is -5.77. The van der Waals surface area contributed by atoms with E-state index in [2.05, 4.69) is 155 Å². The van der Waals surface area contributed by atoms with Gasteiger partial charge in [0.15, 0.2) is 0 Å². The predicted octanol–water partition coefficient (Wildman–Crippen LogP) is 11.9. The van der Waals surface area contributed by atoms with Gasteiger partial charge >= 0.3 is 6.99 Å². The maximum absolute atomic E-state index is 15.0. The van der Waals surface area contributed by atoms with Crippen LogP contribution >= 0.6 is 15.9 Å². The molecule has 0 amide bonds. The van der Waals surface area contributed by atoms with Gasteiger partial charge in [0.1, 0.15) is 0 Å². The smallest absolute Gasteiger partial charge is 0.322 e. The molecule has 1 aliphatic carbocycles. The molecule has 0 saturated heterocycles. The van der Waals surface area contributed by atoms with Crippen molar-refractivity contribution in [3.05, 3.63) is 227 Å². The van der Waals surface area contributed by atoms with Crippen molar-refractivity contribution in [2.24, 2.45) is 0 Å². The molecule has 0 saturated carbocycles. The van der Waals surface area contributed by atoms with Gasteiger partial charge in [-0.15, -0.1) is 0 Å². The second kappa shape index (κ2) is 13.4. The fourth-order valence-electron chi connectivity index (χ4n) is 8.26. The molecule has 0 bridgehead atoms. The number of rotatable bonds is 4. The number of halogens is 2. The summed E-state index contributed by atoms with van der Waals surface area (Å²) in [5.41, 5.74) is 15.7. The number of fused-ring (bicyclic) bond motifs is 6. The summed E-state index contributed by atoms with van der Waals surface area (Å²) >= 11 is 3.81. The van der Waals surface area contributed by atoms with Crippen LogP contribution in [0.25, 0.3) is 44.5 Å². The van der Waals surface area contributed by atoms with Crippen LogP contribution in [0.15, 0.2) is 205 Å². The zero-order valence-electron chi connectivity index (χ0n) is 28.4. The van der Waals surface area contributed by atoms with Gasteiger partial charge in [0, 0.05) is 10.0 Å². The van der Waals surface area contributed by atoms with Crippen LogP contribution in [0.5, 0.6) is 0 Å². The Bertz CT molecular complexity index is 2400. The SMILES string of the molecule is Brc1cccc2c1-c1ccccc1C2(c1ccccc1)c1ccccc1.FB1c2ccc(-c3ccccc3)cc2-c2cc(-c3ccccc3)ccc21. The van der Waals surface area contributed by atoms with Crippen LogP contribution in [0.2, 0.25) is 0 Å². The molecule has 0 radical (unpaired) electrons. The highest BCUT2D eigenvalue weighted by atomic mass is 79.9. The molecule has 2 aliphatic rings. The molecule has 0 N–H and O–H groups in total. The summed E-state index contributed by atoms with van der Waals surface area (Å²) in [4.78, 5) is 0. The number of hydrogen-bond donors (Lipinski definition) is 0. The molecule has 0 aromatic heterocycles. The monoisotopic (exact) mass is 730 g/mol. The van der Waals surface area contributed by atoms with Crippen LogP contribution in [0, 0.1) is 0 Å². The minimum Gasteiger partial charge on any atom is -0.322 e. The molecule has 0 unspecified atom stereocenters. The summed E-state index contributed by atoms with van der Waals surface area (Å²) < 4.78 is 16.1. The maximum atomic E-state index is 15.0. The first kappa shape index (κ1) is 32.2. The van der Waals surface area contributed by atoms with E-state index in [0.717, 1.165) is 48.8 Å². The van der Waals surface area contributed by atoms with E-state index in [0.29, 0.717) is 0 Å². The normalized spacial score (nSPS) is 12.9. The molecule has 0 fully saturated rings. The fourth-order valence-corrected chi connectivity index (χ4v) is 8.84. The molecule has 246 valence electrons. The molecule has 0 spiro atoms. The van der Waals surface area contributed by atoms with Gasteiger partial charge in [0.2, 0.25) is 0 Å². The third-order valence-corrected chi connectivity index (χ3v) is 11.2. The van der Waals surface area contributed by atoms with Crippen molar-refractivity contribution in [2.75, 3.05) is 0 Å². The van der Waals surface area contributed by atoms with Crippen molar-refractivity contribution in [3.63, 3.8) is 0 Å². The first-order valence-electron chi connectivity index (χ1n) is 17.7. The highest BCUT2D eigenvalue weighted by molar-refractivity contribution is 9.10. The van der Waals surface area contributed by atoms with Gasteiger partial charge in [-0.3, -0.25) is 0 Å². The van der Waals surface area contributed by atoms with E-state index in [9.17, 15) is 4.32 Å². The van der Waals surface area contributed by atoms with Crippen LogP contribution in [0.4, 0.5) is 4.32 Å². The molecule has 8 aromatic rings. The molecule has 0 atom stereocenters. The summed E-state index contributed by atoms with van der Waals surface area (Å²) in [6.07, 6.45) is 0. The van der Waals surface area contributed by atoms with Gasteiger partial charge in [-0.25, -0.2) is 0 Å². The van der Waals surface area contributed by atoms with Crippen molar-refractivity contribution in [1.29, 1.82) is 0 Å². The molecule has 0 nitrogen and oxygen atoms in total. The Kier molecular flexibility index (Phi) is 8.30. The predicted molar refractivity (Wildman–Crippen MR) is 220 cm³/mol. The van der Waals surface area contributed by atoms with Gasteiger partial charge in [0.25, 0.3) is 0 Å². The first-order chi connectivity index (χ1) is 25.6. The van der Waals surface area contributed by atoms with Crippen LogP contribution in [-0.2, 0) is 5.41 Å². The van der Waals surface area contributed by atoms with Crippen LogP contribution in [0.3, 0.4) is 0 Å². The topological polar surface area (TPSA) is 0 Å². The van der Waals surface area contributed by atoms with E-state index in [1.165, 1.54) is 33.4 Å². The van der Waals surface area contributed by atoms with E-state index in [1.807, 2.05) is 60.7 Å². The van der Waals surface area contributed by atoms with Crippen LogP contribution in [0.1, 0.15) is 22.3 Å². The lowest BCUT2D eigenvalue weighted by Crippen LogP contribution is -2.33. The Morgan fingerprint density at radius 1 is 0.385 bits per heavy atom. The van der Waals surface area contributed by atoms with Gasteiger partial charge in [-0.05, 0) is 90.3 Å². The van der Waals surface area contributed by atoms with Crippen LogP contribution < -0.4 is 10.9 Å². The van der Waals surface area contributed by atoms with Gasteiger partial charge in [0.05, 0.1) is 5.41 Å². The van der Waals surface area contributed by atoms with Crippen molar-refractivity contribution in [3.8, 4) is 44.5 Å². The quantitative estimate of drug-likeness (QED) is 0.158. The highest BCUT2D eigenvalue weighted by Crippen LogP contribution is 2.57.